The molecule has 0 radical (unpaired) electrons. The molecule has 3 nitrogen and oxygen atoms in total. The summed E-state index contributed by atoms with van der Waals surface area (Å²) in [7, 11) is 0. The molecule has 1 aromatic rings. The number of rotatable bonds is 4. The molecule has 0 saturated carbocycles. The number of carboxylic acid groups (broad SMARTS) is 1. The van der Waals surface area contributed by atoms with Crippen LogP contribution in [0.4, 0.5) is 5.69 Å². The molecule has 1 atom stereocenters. The van der Waals surface area contributed by atoms with Gasteiger partial charge in [0, 0.05) is 18.8 Å². The Balaban J connectivity index is 2.11. The fourth-order valence-corrected chi connectivity index (χ4v) is 2.80. The molecule has 98 valence electrons. The molecule has 1 aliphatic rings. The Bertz CT molecular complexity index is 442. The number of hydrogen-bond donors (Lipinski definition) is 1. The van der Waals surface area contributed by atoms with Crippen molar-refractivity contribution in [2.75, 3.05) is 18.0 Å². The van der Waals surface area contributed by atoms with E-state index in [4.69, 9.17) is 5.11 Å². The summed E-state index contributed by atoms with van der Waals surface area (Å²) >= 11 is 0. The van der Waals surface area contributed by atoms with Gasteiger partial charge >= 0.3 is 5.97 Å². The fraction of sp³-hybridized carbons (Fsp3) is 0.533. The van der Waals surface area contributed by atoms with Gasteiger partial charge in [-0.1, -0.05) is 13.3 Å². The summed E-state index contributed by atoms with van der Waals surface area (Å²) in [5.74, 6) is -0.0428. The normalized spacial score (nSPS) is 19.2. The summed E-state index contributed by atoms with van der Waals surface area (Å²) in [4.78, 5) is 13.4. The third-order valence-electron chi connectivity index (χ3n) is 3.79. The highest BCUT2D eigenvalue weighted by molar-refractivity contribution is 5.89. The van der Waals surface area contributed by atoms with E-state index >= 15 is 0 Å². The number of aromatic carboxylic acids is 1. The summed E-state index contributed by atoms with van der Waals surface area (Å²) < 4.78 is 0. The maximum absolute atomic E-state index is 11.0. The molecule has 1 saturated heterocycles. The zero-order chi connectivity index (χ0) is 13.1. The van der Waals surface area contributed by atoms with Gasteiger partial charge < -0.3 is 10.0 Å². The van der Waals surface area contributed by atoms with Crippen molar-refractivity contribution >= 4 is 11.7 Å². The van der Waals surface area contributed by atoms with Gasteiger partial charge in [0.25, 0.3) is 0 Å². The molecule has 1 N–H and O–H groups in total. The molecule has 1 heterocycles. The maximum atomic E-state index is 11.0. The van der Waals surface area contributed by atoms with Crippen LogP contribution >= 0.6 is 0 Å². The van der Waals surface area contributed by atoms with Gasteiger partial charge in [-0.2, -0.15) is 0 Å². The summed E-state index contributed by atoms with van der Waals surface area (Å²) in [6, 6.07) is 5.66. The minimum atomic E-state index is -0.843. The van der Waals surface area contributed by atoms with Crippen LogP contribution in [0.2, 0.25) is 0 Å². The highest BCUT2D eigenvalue weighted by Gasteiger charge is 2.22. The molecule has 18 heavy (non-hydrogen) atoms. The lowest BCUT2D eigenvalue weighted by Crippen LogP contribution is -2.19. The van der Waals surface area contributed by atoms with E-state index in [1.165, 1.54) is 19.3 Å². The zero-order valence-electron chi connectivity index (χ0n) is 11.1. The van der Waals surface area contributed by atoms with Crippen molar-refractivity contribution < 1.29 is 9.90 Å². The van der Waals surface area contributed by atoms with Crippen LogP contribution in [0.25, 0.3) is 0 Å². The van der Waals surface area contributed by atoms with Crippen molar-refractivity contribution in [3.8, 4) is 0 Å². The molecule has 1 aliphatic heterocycles. The van der Waals surface area contributed by atoms with Crippen molar-refractivity contribution in [1.82, 2.24) is 0 Å². The molecule has 0 spiro atoms. The van der Waals surface area contributed by atoms with Gasteiger partial charge in [-0.25, -0.2) is 4.79 Å². The summed E-state index contributed by atoms with van der Waals surface area (Å²) in [6.45, 7) is 6.30. The van der Waals surface area contributed by atoms with Crippen LogP contribution in [-0.4, -0.2) is 24.2 Å². The quantitative estimate of drug-likeness (QED) is 0.887. The number of carbonyl (C=O) groups is 1. The highest BCUT2D eigenvalue weighted by atomic mass is 16.4. The van der Waals surface area contributed by atoms with E-state index in [0.29, 0.717) is 5.56 Å². The van der Waals surface area contributed by atoms with Crippen LogP contribution in [0, 0.1) is 12.8 Å². The molecule has 0 bridgehead atoms. The minimum Gasteiger partial charge on any atom is -0.478 e. The highest BCUT2D eigenvalue weighted by Crippen LogP contribution is 2.27. The Morgan fingerprint density at radius 3 is 2.89 bits per heavy atom. The van der Waals surface area contributed by atoms with Crippen LogP contribution in [0.1, 0.15) is 42.1 Å². The number of nitrogens with zero attached hydrogens (tertiary/aromatic N) is 1. The molecular formula is C15H21NO2. The average molecular weight is 247 g/mol. The van der Waals surface area contributed by atoms with E-state index in [0.717, 1.165) is 30.3 Å². The van der Waals surface area contributed by atoms with Crippen LogP contribution in [0.15, 0.2) is 18.2 Å². The second-order valence-electron chi connectivity index (χ2n) is 5.19. The van der Waals surface area contributed by atoms with Crippen LogP contribution < -0.4 is 4.90 Å². The average Bonchev–Trinajstić information content (AvgIpc) is 2.77. The van der Waals surface area contributed by atoms with Gasteiger partial charge in [-0.15, -0.1) is 0 Å². The van der Waals surface area contributed by atoms with Gasteiger partial charge in [0.2, 0.25) is 0 Å². The number of aryl methyl sites for hydroxylation is 1. The summed E-state index contributed by atoms with van der Waals surface area (Å²) in [5, 5.41) is 9.02. The lowest BCUT2D eigenvalue weighted by molar-refractivity contribution is 0.0696. The third kappa shape index (κ3) is 2.66. The molecule has 2 rings (SSSR count). The van der Waals surface area contributed by atoms with Crippen molar-refractivity contribution in [1.29, 1.82) is 0 Å². The van der Waals surface area contributed by atoms with Gasteiger partial charge in [0.1, 0.15) is 0 Å². The monoisotopic (exact) mass is 247 g/mol. The smallest absolute Gasteiger partial charge is 0.335 e. The predicted octanol–water partition coefficient (Wildman–Crippen LogP) is 3.32. The Morgan fingerprint density at radius 1 is 1.50 bits per heavy atom. The van der Waals surface area contributed by atoms with E-state index in [9.17, 15) is 4.79 Å². The Kier molecular flexibility index (Phi) is 3.90. The number of anilines is 1. The lowest BCUT2D eigenvalue weighted by Gasteiger charge is -2.19. The first kappa shape index (κ1) is 12.9. The van der Waals surface area contributed by atoms with Crippen LogP contribution in [0.3, 0.4) is 0 Å². The van der Waals surface area contributed by atoms with E-state index < -0.39 is 5.97 Å². The Morgan fingerprint density at radius 2 is 2.28 bits per heavy atom. The van der Waals surface area contributed by atoms with Gasteiger partial charge in [0.05, 0.1) is 5.56 Å². The first-order valence-electron chi connectivity index (χ1n) is 6.70. The first-order chi connectivity index (χ1) is 8.61. The zero-order valence-corrected chi connectivity index (χ0v) is 11.1. The Hall–Kier alpha value is -1.51. The number of benzene rings is 1. The van der Waals surface area contributed by atoms with Crippen molar-refractivity contribution in [2.45, 2.75) is 33.1 Å². The lowest BCUT2D eigenvalue weighted by atomic mass is 10.0. The third-order valence-corrected chi connectivity index (χ3v) is 3.79. The summed E-state index contributed by atoms with van der Waals surface area (Å²) in [5.41, 5.74) is 2.41. The topological polar surface area (TPSA) is 40.5 Å². The molecule has 0 aromatic heterocycles. The maximum Gasteiger partial charge on any atom is 0.335 e. The van der Waals surface area contributed by atoms with Crippen molar-refractivity contribution in [3.05, 3.63) is 29.3 Å². The van der Waals surface area contributed by atoms with Crippen LogP contribution in [0.5, 0.6) is 0 Å². The SMILES string of the molecule is CCCC1CCN(c2ccc(C(=O)O)c(C)c2)C1. The first-order valence-corrected chi connectivity index (χ1v) is 6.70. The van der Waals surface area contributed by atoms with Gasteiger partial charge in [0.15, 0.2) is 0 Å². The number of hydrogen-bond acceptors (Lipinski definition) is 2. The van der Waals surface area contributed by atoms with Crippen molar-refractivity contribution in [3.63, 3.8) is 0 Å². The molecule has 3 heteroatoms. The number of carboxylic acids is 1. The fourth-order valence-electron chi connectivity index (χ4n) is 2.80. The Labute approximate surface area is 108 Å². The minimum absolute atomic E-state index is 0.406. The molecular weight excluding hydrogens is 226 g/mol. The standard InChI is InChI=1S/C15H21NO2/c1-3-4-12-7-8-16(10-12)13-5-6-14(15(17)18)11(2)9-13/h5-6,9,12H,3-4,7-8,10H2,1-2H3,(H,17,18). The van der Waals surface area contributed by atoms with E-state index in [1.54, 1.807) is 6.07 Å². The second-order valence-corrected chi connectivity index (χ2v) is 5.19. The molecule has 1 aromatic carbocycles. The van der Waals surface area contributed by atoms with E-state index in [-0.39, 0.29) is 0 Å². The summed E-state index contributed by atoms with van der Waals surface area (Å²) in [6.07, 6.45) is 3.80. The molecule has 0 amide bonds. The predicted molar refractivity (Wildman–Crippen MR) is 73.4 cm³/mol. The molecule has 1 fully saturated rings. The van der Waals surface area contributed by atoms with Gasteiger partial charge in [-0.05, 0) is 49.4 Å². The van der Waals surface area contributed by atoms with E-state index in [2.05, 4.69) is 11.8 Å². The second kappa shape index (κ2) is 5.42. The largest absolute Gasteiger partial charge is 0.478 e. The van der Waals surface area contributed by atoms with Crippen LogP contribution in [-0.2, 0) is 0 Å². The van der Waals surface area contributed by atoms with E-state index in [1.807, 2.05) is 19.1 Å². The van der Waals surface area contributed by atoms with Gasteiger partial charge in [-0.3, -0.25) is 0 Å². The molecule has 0 aliphatic carbocycles. The van der Waals surface area contributed by atoms with Crippen molar-refractivity contribution in [2.24, 2.45) is 5.92 Å². The molecule has 1 unspecified atom stereocenters.